The molecule has 2 aromatic carbocycles. The highest BCUT2D eigenvalue weighted by Crippen LogP contribution is 2.40. The molecule has 0 nitrogen and oxygen atoms in total. The molecule has 36 heavy (non-hydrogen) atoms. The van der Waals surface area contributed by atoms with Gasteiger partial charge in [-0.2, -0.15) is 0 Å². The molecule has 1 fully saturated rings. The molecule has 0 heterocycles. The molecular formula is C33H43F3. The van der Waals surface area contributed by atoms with Gasteiger partial charge >= 0.3 is 0 Å². The smallest absolute Gasteiger partial charge is 0.166 e. The Bertz CT molecular complexity index is 998. The standard InChI is InChI=1S/C33H43F3/c1-3-5-7-25-13-19-28(31(34)22-25)18-12-24-10-16-27(17-11-24)30-21-20-29(32(35)33(30)36)26-14-8-23(6-4-2)9-15-26/h10-11,16-17,20-23,25-26,28H,3-9,12-15,18-19H2,1-2H3. The Morgan fingerprint density at radius 3 is 2.14 bits per heavy atom. The molecule has 0 bridgehead atoms. The second kappa shape index (κ2) is 13.0. The fraction of sp³-hybridized carbons (Fsp3) is 0.576. The average Bonchev–Trinajstić information content (AvgIpc) is 2.90. The molecule has 2 aliphatic rings. The van der Waals surface area contributed by atoms with Gasteiger partial charge in [0.2, 0.25) is 0 Å². The summed E-state index contributed by atoms with van der Waals surface area (Å²) in [7, 11) is 0. The van der Waals surface area contributed by atoms with Crippen LogP contribution in [0.1, 0.15) is 108 Å². The molecule has 3 heteroatoms. The molecule has 196 valence electrons. The van der Waals surface area contributed by atoms with E-state index in [0.29, 0.717) is 22.6 Å². The van der Waals surface area contributed by atoms with Crippen molar-refractivity contribution in [3.8, 4) is 11.1 Å². The summed E-state index contributed by atoms with van der Waals surface area (Å²) in [6.45, 7) is 4.39. The van der Waals surface area contributed by atoms with Crippen LogP contribution in [0.3, 0.4) is 0 Å². The lowest BCUT2D eigenvalue weighted by Gasteiger charge is -2.29. The van der Waals surface area contributed by atoms with E-state index in [1.54, 1.807) is 12.1 Å². The van der Waals surface area contributed by atoms with Crippen molar-refractivity contribution in [2.24, 2.45) is 17.8 Å². The summed E-state index contributed by atoms with van der Waals surface area (Å²) in [5.74, 6) is -0.0619. The topological polar surface area (TPSA) is 0 Å². The Labute approximate surface area is 216 Å². The number of benzene rings is 2. The van der Waals surface area contributed by atoms with Crippen molar-refractivity contribution in [3.63, 3.8) is 0 Å². The first kappa shape index (κ1) is 27.0. The molecule has 0 radical (unpaired) electrons. The molecule has 0 saturated heterocycles. The van der Waals surface area contributed by atoms with Crippen LogP contribution in [-0.4, -0.2) is 0 Å². The molecule has 4 rings (SSSR count). The minimum absolute atomic E-state index is 0.0127. The van der Waals surface area contributed by atoms with E-state index in [0.717, 1.165) is 75.7 Å². The van der Waals surface area contributed by atoms with Gasteiger partial charge in [-0.1, -0.05) is 75.9 Å². The maximum absolute atomic E-state index is 15.1. The Morgan fingerprint density at radius 2 is 1.47 bits per heavy atom. The van der Waals surface area contributed by atoms with Gasteiger partial charge in [0.25, 0.3) is 0 Å². The van der Waals surface area contributed by atoms with E-state index in [9.17, 15) is 4.39 Å². The third kappa shape index (κ3) is 6.64. The first-order valence-electron chi connectivity index (χ1n) is 14.4. The van der Waals surface area contributed by atoms with Crippen molar-refractivity contribution in [3.05, 3.63) is 71.1 Å². The number of aryl methyl sites for hydroxylation is 1. The first-order chi connectivity index (χ1) is 17.5. The van der Waals surface area contributed by atoms with E-state index in [2.05, 4.69) is 13.8 Å². The van der Waals surface area contributed by atoms with E-state index < -0.39 is 11.6 Å². The Kier molecular flexibility index (Phi) is 9.73. The van der Waals surface area contributed by atoms with Crippen LogP contribution in [0.25, 0.3) is 11.1 Å². The lowest BCUT2D eigenvalue weighted by molar-refractivity contribution is 0.303. The minimum Gasteiger partial charge on any atom is -0.212 e. The van der Waals surface area contributed by atoms with Crippen LogP contribution >= 0.6 is 0 Å². The van der Waals surface area contributed by atoms with Crippen molar-refractivity contribution in [2.75, 3.05) is 0 Å². The number of halogens is 3. The van der Waals surface area contributed by atoms with Gasteiger partial charge in [-0.05, 0) is 98.3 Å². The van der Waals surface area contributed by atoms with E-state index in [-0.39, 0.29) is 17.7 Å². The van der Waals surface area contributed by atoms with Crippen LogP contribution in [0.4, 0.5) is 13.2 Å². The largest absolute Gasteiger partial charge is 0.212 e. The fourth-order valence-corrected chi connectivity index (χ4v) is 6.44. The van der Waals surface area contributed by atoms with Crippen molar-refractivity contribution >= 4 is 0 Å². The normalized spacial score (nSPS) is 24.5. The number of rotatable bonds is 10. The molecule has 0 spiro atoms. The molecule has 2 aromatic rings. The van der Waals surface area contributed by atoms with E-state index in [4.69, 9.17) is 0 Å². The fourth-order valence-electron chi connectivity index (χ4n) is 6.44. The van der Waals surface area contributed by atoms with Crippen LogP contribution in [0.15, 0.2) is 48.3 Å². The SMILES string of the molecule is CCCCC1C=C(F)C(CCc2ccc(-c3ccc(C4CCC(CCC)CC4)c(F)c3F)cc2)CC1. The summed E-state index contributed by atoms with van der Waals surface area (Å²) in [4.78, 5) is 0. The van der Waals surface area contributed by atoms with E-state index in [1.807, 2.05) is 30.3 Å². The minimum atomic E-state index is -0.733. The van der Waals surface area contributed by atoms with Crippen LogP contribution in [0, 0.1) is 29.4 Å². The molecule has 2 unspecified atom stereocenters. The van der Waals surface area contributed by atoms with Crippen molar-refractivity contribution < 1.29 is 13.2 Å². The Hall–Kier alpha value is -2.03. The predicted molar refractivity (Wildman–Crippen MR) is 145 cm³/mol. The van der Waals surface area contributed by atoms with Gasteiger partial charge < -0.3 is 0 Å². The van der Waals surface area contributed by atoms with Gasteiger partial charge in [-0.15, -0.1) is 0 Å². The summed E-state index contributed by atoms with van der Waals surface area (Å²) < 4.78 is 44.8. The highest BCUT2D eigenvalue weighted by atomic mass is 19.2. The molecule has 0 amide bonds. The highest BCUT2D eigenvalue weighted by Gasteiger charge is 2.26. The monoisotopic (exact) mass is 496 g/mol. The Morgan fingerprint density at radius 1 is 0.722 bits per heavy atom. The van der Waals surface area contributed by atoms with Crippen LogP contribution in [0.2, 0.25) is 0 Å². The van der Waals surface area contributed by atoms with Gasteiger partial charge in [0.1, 0.15) is 0 Å². The second-order valence-corrected chi connectivity index (χ2v) is 11.3. The maximum atomic E-state index is 15.1. The number of allylic oxidation sites excluding steroid dienone is 2. The van der Waals surface area contributed by atoms with Crippen LogP contribution in [-0.2, 0) is 6.42 Å². The third-order valence-corrected chi connectivity index (χ3v) is 8.74. The van der Waals surface area contributed by atoms with Gasteiger partial charge in [-0.25, -0.2) is 13.2 Å². The summed E-state index contributed by atoms with van der Waals surface area (Å²) in [6, 6.07) is 11.2. The zero-order valence-corrected chi connectivity index (χ0v) is 22.2. The zero-order valence-electron chi connectivity index (χ0n) is 22.2. The van der Waals surface area contributed by atoms with Gasteiger partial charge in [0.15, 0.2) is 11.6 Å². The summed E-state index contributed by atoms with van der Waals surface area (Å²) in [5.41, 5.74) is 2.67. The van der Waals surface area contributed by atoms with Crippen LogP contribution < -0.4 is 0 Å². The zero-order chi connectivity index (χ0) is 25.5. The molecular weight excluding hydrogens is 453 g/mol. The molecule has 2 aliphatic carbocycles. The van der Waals surface area contributed by atoms with Crippen molar-refractivity contribution in [1.29, 1.82) is 0 Å². The molecule has 2 atom stereocenters. The molecule has 1 saturated carbocycles. The van der Waals surface area contributed by atoms with Crippen molar-refractivity contribution in [2.45, 2.75) is 103 Å². The molecule has 0 aliphatic heterocycles. The van der Waals surface area contributed by atoms with E-state index in [1.165, 1.54) is 19.3 Å². The third-order valence-electron chi connectivity index (χ3n) is 8.74. The number of unbranched alkanes of at least 4 members (excludes halogenated alkanes) is 1. The average molecular weight is 497 g/mol. The van der Waals surface area contributed by atoms with Crippen molar-refractivity contribution in [1.82, 2.24) is 0 Å². The lowest BCUT2D eigenvalue weighted by Crippen LogP contribution is -2.15. The quantitative estimate of drug-likeness (QED) is 0.307. The lowest BCUT2D eigenvalue weighted by atomic mass is 9.77. The summed E-state index contributed by atoms with van der Waals surface area (Å²) >= 11 is 0. The summed E-state index contributed by atoms with van der Waals surface area (Å²) in [5, 5.41) is 0. The van der Waals surface area contributed by atoms with Gasteiger partial charge in [0, 0.05) is 11.5 Å². The first-order valence-corrected chi connectivity index (χ1v) is 14.4. The van der Waals surface area contributed by atoms with E-state index >= 15 is 8.78 Å². The highest BCUT2D eigenvalue weighted by molar-refractivity contribution is 5.65. The Balaban J connectivity index is 1.36. The number of hydrogen-bond donors (Lipinski definition) is 0. The van der Waals surface area contributed by atoms with Crippen LogP contribution in [0.5, 0.6) is 0 Å². The van der Waals surface area contributed by atoms with Gasteiger partial charge in [0.05, 0.1) is 5.83 Å². The second-order valence-electron chi connectivity index (χ2n) is 11.3. The predicted octanol–water partition coefficient (Wildman–Crippen LogP) is 10.7. The number of hydrogen-bond acceptors (Lipinski definition) is 0. The molecule has 0 aromatic heterocycles. The van der Waals surface area contributed by atoms with Gasteiger partial charge in [-0.3, -0.25) is 0 Å². The summed E-state index contributed by atoms with van der Waals surface area (Å²) in [6.07, 6.45) is 15.4. The maximum Gasteiger partial charge on any atom is 0.166 e. The molecule has 0 N–H and O–H groups in total.